The van der Waals surface area contributed by atoms with Gasteiger partial charge in [-0.1, -0.05) is 30.4 Å². The first kappa shape index (κ1) is 13.8. The molecule has 0 aromatic heterocycles. The van der Waals surface area contributed by atoms with Gasteiger partial charge in [0.15, 0.2) is 0 Å². The number of likely N-dealkylation sites (N-methyl/N-ethyl adjacent to an activating group) is 1. The Labute approximate surface area is 113 Å². The van der Waals surface area contributed by atoms with Crippen LogP contribution in [0.25, 0.3) is 0 Å². The van der Waals surface area contributed by atoms with Crippen molar-refractivity contribution in [3.63, 3.8) is 0 Å². The third-order valence-electron chi connectivity index (χ3n) is 3.68. The third kappa shape index (κ3) is 2.55. The molecule has 3 heteroatoms. The molecule has 0 bridgehead atoms. The molecular formula is C16H20FNO. The molecule has 0 aliphatic heterocycles. The summed E-state index contributed by atoms with van der Waals surface area (Å²) >= 11 is 0. The van der Waals surface area contributed by atoms with E-state index in [1.165, 1.54) is 6.07 Å². The van der Waals surface area contributed by atoms with E-state index in [1.807, 2.05) is 13.8 Å². The molecule has 0 saturated heterocycles. The zero-order valence-electron chi connectivity index (χ0n) is 11.6. The fourth-order valence-corrected chi connectivity index (χ4v) is 2.53. The number of hydrogen-bond acceptors (Lipinski definition) is 1. The van der Waals surface area contributed by atoms with Crippen molar-refractivity contribution >= 4 is 5.91 Å². The minimum absolute atomic E-state index is 0.0306. The second-order valence-corrected chi connectivity index (χ2v) is 5.34. The zero-order chi connectivity index (χ0) is 14.0. The van der Waals surface area contributed by atoms with Crippen LogP contribution in [0.3, 0.4) is 0 Å². The van der Waals surface area contributed by atoms with Crippen molar-refractivity contribution in [3.05, 3.63) is 47.8 Å². The van der Waals surface area contributed by atoms with E-state index in [1.54, 1.807) is 23.1 Å². The predicted molar refractivity (Wildman–Crippen MR) is 74.4 cm³/mol. The number of halogens is 1. The number of carbonyl (C=O) groups is 1. The molecule has 2 rings (SSSR count). The maximum absolute atomic E-state index is 13.9. The molecule has 1 fully saturated rings. The Hall–Kier alpha value is -1.64. The summed E-state index contributed by atoms with van der Waals surface area (Å²) in [6.07, 6.45) is 1.47. The van der Waals surface area contributed by atoms with Crippen molar-refractivity contribution < 1.29 is 9.18 Å². The third-order valence-corrected chi connectivity index (χ3v) is 3.68. The van der Waals surface area contributed by atoms with E-state index in [2.05, 4.69) is 6.58 Å². The minimum atomic E-state index is -0.628. The number of rotatable bonds is 5. The Morgan fingerprint density at radius 1 is 1.42 bits per heavy atom. The largest absolute Gasteiger partial charge is 0.338 e. The van der Waals surface area contributed by atoms with E-state index < -0.39 is 5.41 Å². The molecule has 0 radical (unpaired) electrons. The van der Waals surface area contributed by atoms with Gasteiger partial charge >= 0.3 is 0 Å². The molecule has 1 saturated carbocycles. The summed E-state index contributed by atoms with van der Waals surface area (Å²) in [4.78, 5) is 14.4. The summed E-state index contributed by atoms with van der Waals surface area (Å²) in [6.45, 7) is 8.87. The van der Waals surface area contributed by atoms with Gasteiger partial charge in [-0.25, -0.2) is 4.39 Å². The van der Waals surface area contributed by atoms with E-state index in [0.717, 1.165) is 18.4 Å². The Bertz CT molecular complexity index is 505. The predicted octanol–water partition coefficient (Wildman–Crippen LogP) is 3.28. The standard InChI is InChI=1S/C16H20FNO/c1-4-18(11-12(2)3)15(19)16(9-10-16)13-7-5-6-8-14(13)17/h5-8H,2,4,9-11H2,1,3H3. The summed E-state index contributed by atoms with van der Waals surface area (Å²) in [7, 11) is 0. The molecule has 19 heavy (non-hydrogen) atoms. The molecule has 0 N–H and O–H groups in total. The molecular weight excluding hydrogens is 241 g/mol. The van der Waals surface area contributed by atoms with Crippen LogP contribution in [0.15, 0.2) is 36.4 Å². The molecule has 2 nitrogen and oxygen atoms in total. The van der Waals surface area contributed by atoms with Gasteiger partial charge in [-0.3, -0.25) is 4.79 Å². The normalized spacial score (nSPS) is 15.9. The van der Waals surface area contributed by atoms with Crippen LogP contribution in [0, 0.1) is 5.82 Å². The lowest BCUT2D eigenvalue weighted by Gasteiger charge is -2.27. The molecule has 0 spiro atoms. The van der Waals surface area contributed by atoms with Crippen molar-refractivity contribution in [2.45, 2.75) is 32.1 Å². The van der Waals surface area contributed by atoms with Crippen LogP contribution in [-0.4, -0.2) is 23.9 Å². The van der Waals surface area contributed by atoms with Gasteiger partial charge < -0.3 is 4.90 Å². The molecule has 1 aromatic rings. The lowest BCUT2D eigenvalue weighted by Crippen LogP contribution is -2.40. The average Bonchev–Trinajstić information content (AvgIpc) is 3.17. The van der Waals surface area contributed by atoms with Crippen LogP contribution >= 0.6 is 0 Å². The Morgan fingerprint density at radius 2 is 2.05 bits per heavy atom. The Morgan fingerprint density at radius 3 is 2.53 bits per heavy atom. The van der Waals surface area contributed by atoms with Crippen molar-refractivity contribution in [1.29, 1.82) is 0 Å². The second-order valence-electron chi connectivity index (χ2n) is 5.34. The quantitative estimate of drug-likeness (QED) is 0.745. The minimum Gasteiger partial charge on any atom is -0.338 e. The topological polar surface area (TPSA) is 20.3 Å². The van der Waals surface area contributed by atoms with E-state index in [9.17, 15) is 9.18 Å². The van der Waals surface area contributed by atoms with E-state index >= 15 is 0 Å². The average molecular weight is 261 g/mol. The van der Waals surface area contributed by atoms with Gasteiger partial charge in [-0.15, -0.1) is 0 Å². The molecule has 1 aromatic carbocycles. The first-order chi connectivity index (χ1) is 9.01. The molecule has 1 amide bonds. The fraction of sp³-hybridized carbons (Fsp3) is 0.438. The molecule has 1 aliphatic carbocycles. The maximum Gasteiger partial charge on any atom is 0.233 e. The number of hydrogen-bond donors (Lipinski definition) is 0. The van der Waals surface area contributed by atoms with Gasteiger partial charge in [0.25, 0.3) is 0 Å². The van der Waals surface area contributed by atoms with E-state index in [0.29, 0.717) is 18.7 Å². The fourth-order valence-electron chi connectivity index (χ4n) is 2.53. The first-order valence-corrected chi connectivity index (χ1v) is 6.70. The van der Waals surface area contributed by atoms with Crippen molar-refractivity contribution in [1.82, 2.24) is 4.90 Å². The van der Waals surface area contributed by atoms with Crippen LogP contribution in [0.4, 0.5) is 4.39 Å². The van der Waals surface area contributed by atoms with E-state index in [4.69, 9.17) is 0 Å². The molecule has 1 aliphatic rings. The van der Waals surface area contributed by atoms with Crippen LogP contribution in [0.2, 0.25) is 0 Å². The molecule has 0 atom stereocenters. The number of benzene rings is 1. The number of amides is 1. The van der Waals surface area contributed by atoms with Gasteiger partial charge in [0.2, 0.25) is 5.91 Å². The van der Waals surface area contributed by atoms with Gasteiger partial charge in [0.05, 0.1) is 5.41 Å². The second kappa shape index (κ2) is 5.16. The summed E-state index contributed by atoms with van der Waals surface area (Å²) in [5.74, 6) is -0.247. The highest BCUT2D eigenvalue weighted by Gasteiger charge is 2.54. The van der Waals surface area contributed by atoms with Crippen LogP contribution < -0.4 is 0 Å². The van der Waals surface area contributed by atoms with Gasteiger partial charge in [-0.2, -0.15) is 0 Å². The van der Waals surface area contributed by atoms with Gasteiger partial charge in [0.1, 0.15) is 5.82 Å². The number of nitrogens with zero attached hydrogens (tertiary/aromatic N) is 1. The zero-order valence-corrected chi connectivity index (χ0v) is 11.6. The SMILES string of the molecule is C=C(C)CN(CC)C(=O)C1(c2ccccc2F)CC1. The summed E-state index contributed by atoms with van der Waals surface area (Å²) in [6, 6.07) is 6.61. The maximum atomic E-state index is 13.9. The van der Waals surface area contributed by atoms with Gasteiger partial charge in [-0.05, 0) is 32.8 Å². The lowest BCUT2D eigenvalue weighted by molar-refractivity contribution is -0.133. The highest BCUT2D eigenvalue weighted by molar-refractivity contribution is 5.91. The highest BCUT2D eigenvalue weighted by atomic mass is 19.1. The Kier molecular flexibility index (Phi) is 3.74. The van der Waals surface area contributed by atoms with Gasteiger partial charge in [0, 0.05) is 18.7 Å². The molecule has 102 valence electrons. The number of carbonyl (C=O) groups excluding carboxylic acids is 1. The molecule has 0 heterocycles. The highest BCUT2D eigenvalue weighted by Crippen LogP contribution is 2.50. The van der Waals surface area contributed by atoms with Crippen molar-refractivity contribution in [2.75, 3.05) is 13.1 Å². The molecule has 0 unspecified atom stereocenters. The smallest absolute Gasteiger partial charge is 0.233 e. The summed E-state index contributed by atoms with van der Waals surface area (Å²) < 4.78 is 13.9. The van der Waals surface area contributed by atoms with Crippen LogP contribution in [0.5, 0.6) is 0 Å². The van der Waals surface area contributed by atoms with Crippen LogP contribution in [0.1, 0.15) is 32.3 Å². The summed E-state index contributed by atoms with van der Waals surface area (Å²) in [5.41, 5.74) is 0.858. The lowest BCUT2D eigenvalue weighted by atomic mass is 9.93. The first-order valence-electron chi connectivity index (χ1n) is 6.70. The summed E-state index contributed by atoms with van der Waals surface area (Å²) in [5, 5.41) is 0. The van der Waals surface area contributed by atoms with Crippen molar-refractivity contribution in [2.24, 2.45) is 0 Å². The van der Waals surface area contributed by atoms with Crippen molar-refractivity contribution in [3.8, 4) is 0 Å². The monoisotopic (exact) mass is 261 g/mol. The van der Waals surface area contributed by atoms with E-state index in [-0.39, 0.29) is 11.7 Å². The van der Waals surface area contributed by atoms with Crippen LogP contribution in [-0.2, 0) is 10.2 Å². The Balaban J connectivity index is 2.27.